The second-order valence-corrected chi connectivity index (χ2v) is 7.73. The monoisotopic (exact) mass is 460 g/mol. The molecule has 1 fully saturated rings. The molecule has 2 aromatic carbocycles. The lowest BCUT2D eigenvalue weighted by Crippen LogP contribution is -2.57. The number of carbonyl (C=O) groups is 1. The van der Waals surface area contributed by atoms with Gasteiger partial charge >= 0.3 is 5.97 Å². The molecule has 0 radical (unpaired) electrons. The fraction of sp³-hybridized carbons (Fsp3) is 0.273. The molecule has 1 aromatic heterocycles. The Bertz CT molecular complexity index is 1340. The van der Waals surface area contributed by atoms with Crippen molar-refractivity contribution in [1.82, 2.24) is 9.88 Å². The fourth-order valence-electron chi connectivity index (χ4n) is 4.06. The highest BCUT2D eigenvalue weighted by atomic mass is 19.1. The molecule has 1 aliphatic heterocycles. The van der Waals surface area contributed by atoms with Gasteiger partial charge in [0, 0.05) is 30.9 Å². The zero-order valence-electron chi connectivity index (χ0n) is 17.9. The molecule has 0 spiro atoms. The van der Waals surface area contributed by atoms with Crippen LogP contribution in [0.15, 0.2) is 29.2 Å². The van der Waals surface area contributed by atoms with Gasteiger partial charge in [-0.1, -0.05) is 0 Å². The number of aromatic nitrogens is 1. The van der Waals surface area contributed by atoms with Crippen molar-refractivity contribution in [3.05, 3.63) is 57.4 Å². The predicted molar refractivity (Wildman–Crippen MR) is 118 cm³/mol. The van der Waals surface area contributed by atoms with Gasteiger partial charge in [0.25, 0.3) is 0 Å². The van der Waals surface area contributed by atoms with E-state index in [2.05, 4.69) is 5.32 Å². The number of likely N-dealkylation sites (N-methyl/N-ethyl adjacent to an activating group) is 1. The van der Waals surface area contributed by atoms with Crippen molar-refractivity contribution >= 4 is 28.2 Å². The molecule has 9 nitrogen and oxygen atoms in total. The Hall–Kier alpha value is -3.70. The number of aromatic carboxylic acids is 1. The number of benzene rings is 2. The number of carboxylic acid groups (broad SMARTS) is 1. The summed E-state index contributed by atoms with van der Waals surface area (Å²) in [5, 5.41) is 22.2. The minimum atomic E-state index is -1.53. The van der Waals surface area contributed by atoms with Crippen LogP contribution in [0.2, 0.25) is 0 Å². The largest absolute Gasteiger partial charge is 0.492 e. The highest BCUT2D eigenvalue weighted by Crippen LogP contribution is 2.41. The van der Waals surface area contributed by atoms with Gasteiger partial charge < -0.3 is 35.5 Å². The molecule has 5 N–H and O–H groups in total. The van der Waals surface area contributed by atoms with E-state index in [1.54, 1.807) is 11.9 Å². The molecular weight excluding hydrogens is 438 g/mol. The van der Waals surface area contributed by atoms with E-state index in [0.717, 1.165) is 18.3 Å². The third-order valence-corrected chi connectivity index (χ3v) is 5.84. The molecule has 0 unspecified atom stereocenters. The molecule has 0 saturated carbocycles. The van der Waals surface area contributed by atoms with E-state index < -0.39 is 35.2 Å². The topological polar surface area (TPSA) is 130 Å². The lowest BCUT2D eigenvalue weighted by atomic mass is 10.0. The molecule has 11 heteroatoms. The van der Waals surface area contributed by atoms with Crippen molar-refractivity contribution in [3.63, 3.8) is 0 Å². The molecule has 33 heavy (non-hydrogen) atoms. The number of hydrogen-bond acceptors (Lipinski definition) is 7. The first kappa shape index (κ1) is 22.5. The quantitative estimate of drug-likeness (QED) is 0.407. The molecule has 0 amide bonds. The standard InChI is InChI=1S/C22H22F2N4O5/c1-26-11-6-27(7-11)19-15(24)4-12-18(21(19)33-2)28(8-13(20(12)30)22(31)32)17-5-16(25)14(23)3-10(17)9-29/h3-5,8,11,26,29H,6-7,9,25H2,1-2H3,(H,31,32). The molecule has 174 valence electrons. The average molecular weight is 460 g/mol. The number of nitrogens with zero attached hydrogens (tertiary/aromatic N) is 2. The molecule has 4 rings (SSSR count). The Kier molecular flexibility index (Phi) is 5.68. The molecule has 0 bridgehead atoms. The number of ether oxygens (including phenoxy) is 1. The number of aliphatic hydroxyl groups is 1. The summed E-state index contributed by atoms with van der Waals surface area (Å²) in [5.74, 6) is -3.05. The van der Waals surface area contributed by atoms with Gasteiger partial charge in [-0.15, -0.1) is 0 Å². The van der Waals surface area contributed by atoms with E-state index in [0.29, 0.717) is 13.1 Å². The average Bonchev–Trinajstić information content (AvgIpc) is 2.75. The van der Waals surface area contributed by atoms with Crippen LogP contribution in [0.5, 0.6) is 5.75 Å². The number of halogens is 2. The van der Waals surface area contributed by atoms with Crippen molar-refractivity contribution in [2.45, 2.75) is 12.6 Å². The minimum Gasteiger partial charge on any atom is -0.492 e. The number of fused-ring (bicyclic) bond motifs is 1. The lowest BCUT2D eigenvalue weighted by molar-refractivity contribution is 0.0695. The predicted octanol–water partition coefficient (Wildman–Crippen LogP) is 1.46. The van der Waals surface area contributed by atoms with E-state index in [9.17, 15) is 24.2 Å². The van der Waals surface area contributed by atoms with Crippen LogP contribution in [0.4, 0.5) is 20.2 Å². The first-order valence-corrected chi connectivity index (χ1v) is 10.0. The number of hydrogen-bond donors (Lipinski definition) is 4. The first-order valence-electron chi connectivity index (χ1n) is 10.0. The Morgan fingerprint density at radius 3 is 2.55 bits per heavy atom. The number of nitrogens with one attached hydrogen (secondary N) is 1. The lowest BCUT2D eigenvalue weighted by Gasteiger charge is -2.41. The maximum Gasteiger partial charge on any atom is 0.341 e. The fourth-order valence-corrected chi connectivity index (χ4v) is 4.06. The molecule has 1 aliphatic rings. The van der Waals surface area contributed by atoms with E-state index in [1.807, 2.05) is 0 Å². The molecule has 2 heterocycles. The maximum atomic E-state index is 15.2. The van der Waals surface area contributed by atoms with Crippen LogP contribution < -0.4 is 26.1 Å². The van der Waals surface area contributed by atoms with Gasteiger partial charge in [0.2, 0.25) is 5.43 Å². The van der Waals surface area contributed by atoms with Crippen LogP contribution in [0.1, 0.15) is 15.9 Å². The van der Waals surface area contributed by atoms with Gasteiger partial charge in [0.15, 0.2) is 11.6 Å². The van der Waals surface area contributed by atoms with Crippen LogP contribution in [-0.2, 0) is 6.61 Å². The van der Waals surface area contributed by atoms with Crippen molar-refractivity contribution < 1.29 is 28.5 Å². The summed E-state index contributed by atoms with van der Waals surface area (Å²) >= 11 is 0. The van der Waals surface area contributed by atoms with Crippen LogP contribution in [0.3, 0.4) is 0 Å². The van der Waals surface area contributed by atoms with E-state index >= 15 is 4.39 Å². The van der Waals surface area contributed by atoms with E-state index in [4.69, 9.17) is 10.5 Å². The highest BCUT2D eigenvalue weighted by Gasteiger charge is 2.33. The van der Waals surface area contributed by atoms with Gasteiger partial charge in [0.05, 0.1) is 30.5 Å². The summed E-state index contributed by atoms with van der Waals surface area (Å²) in [7, 11) is 3.09. The zero-order chi connectivity index (χ0) is 24.0. The number of carboxylic acids is 1. The van der Waals surface area contributed by atoms with Crippen molar-refractivity contribution in [1.29, 1.82) is 0 Å². The normalized spacial score (nSPS) is 13.9. The zero-order valence-corrected chi connectivity index (χ0v) is 17.9. The SMILES string of the molecule is CNC1CN(c2c(F)cc3c(=O)c(C(=O)O)cn(-c4cc(N)c(F)cc4CO)c3c2OC)C1. The second-order valence-electron chi connectivity index (χ2n) is 7.73. The highest BCUT2D eigenvalue weighted by molar-refractivity contribution is 5.98. The molecular formula is C22H22F2N4O5. The van der Waals surface area contributed by atoms with Crippen molar-refractivity contribution in [3.8, 4) is 11.4 Å². The maximum absolute atomic E-state index is 15.2. The Morgan fingerprint density at radius 1 is 1.27 bits per heavy atom. The van der Waals surface area contributed by atoms with Gasteiger partial charge in [-0.05, 0) is 25.2 Å². The van der Waals surface area contributed by atoms with Crippen molar-refractivity contribution in [2.75, 3.05) is 37.9 Å². The van der Waals surface area contributed by atoms with Gasteiger partial charge in [-0.3, -0.25) is 4.79 Å². The summed E-state index contributed by atoms with van der Waals surface area (Å²) in [6.07, 6.45) is 1.04. The number of nitrogen functional groups attached to an aromatic ring is 1. The molecule has 1 saturated heterocycles. The smallest absolute Gasteiger partial charge is 0.341 e. The molecule has 0 atom stereocenters. The summed E-state index contributed by atoms with van der Waals surface area (Å²) in [5.41, 5.74) is 4.30. The first-order chi connectivity index (χ1) is 15.7. The van der Waals surface area contributed by atoms with Gasteiger partial charge in [0.1, 0.15) is 22.6 Å². The number of anilines is 2. The molecule has 0 aliphatic carbocycles. The Balaban J connectivity index is 2.14. The number of nitrogens with two attached hydrogens (primary N) is 1. The minimum absolute atomic E-state index is 0.000350. The number of pyridine rings is 1. The van der Waals surface area contributed by atoms with Gasteiger partial charge in [-0.25, -0.2) is 13.6 Å². The summed E-state index contributed by atoms with van der Waals surface area (Å²) in [4.78, 5) is 26.4. The summed E-state index contributed by atoms with van der Waals surface area (Å²) in [6, 6.07) is 3.33. The van der Waals surface area contributed by atoms with Crippen LogP contribution in [-0.4, -0.2) is 54.0 Å². The Morgan fingerprint density at radius 2 is 1.97 bits per heavy atom. The third-order valence-electron chi connectivity index (χ3n) is 5.84. The number of methoxy groups -OCH3 is 1. The van der Waals surface area contributed by atoms with E-state index in [1.165, 1.54) is 17.7 Å². The Labute approximate surface area is 186 Å². The summed E-state index contributed by atoms with van der Waals surface area (Å²) < 4.78 is 36.1. The van der Waals surface area contributed by atoms with Crippen LogP contribution in [0.25, 0.3) is 16.6 Å². The van der Waals surface area contributed by atoms with Crippen LogP contribution in [0, 0.1) is 11.6 Å². The van der Waals surface area contributed by atoms with E-state index in [-0.39, 0.29) is 45.3 Å². The molecule has 3 aromatic rings. The summed E-state index contributed by atoms with van der Waals surface area (Å²) in [6.45, 7) is 0.366. The second kappa shape index (κ2) is 8.34. The number of rotatable bonds is 6. The number of aliphatic hydroxyl groups excluding tert-OH is 1. The third kappa shape index (κ3) is 3.55. The van der Waals surface area contributed by atoms with Crippen molar-refractivity contribution in [2.24, 2.45) is 0 Å². The van der Waals surface area contributed by atoms with Crippen LogP contribution >= 0.6 is 0 Å². The van der Waals surface area contributed by atoms with Gasteiger partial charge in [-0.2, -0.15) is 0 Å².